The van der Waals surface area contributed by atoms with Crippen molar-refractivity contribution in [3.63, 3.8) is 0 Å². The van der Waals surface area contributed by atoms with Crippen molar-refractivity contribution in [2.45, 2.75) is 63.5 Å². The number of nitrogens with zero attached hydrogens (tertiary/aromatic N) is 1. The van der Waals surface area contributed by atoms with E-state index in [4.69, 9.17) is 4.74 Å². The van der Waals surface area contributed by atoms with Crippen molar-refractivity contribution in [1.82, 2.24) is 10.2 Å². The van der Waals surface area contributed by atoms with Crippen molar-refractivity contribution in [3.05, 3.63) is 0 Å². The topological polar surface area (TPSA) is 41.6 Å². The fraction of sp³-hybridized carbons (Fsp3) is 0.933. The Balaban J connectivity index is 1.71. The molecule has 2 unspecified atom stereocenters. The zero-order chi connectivity index (χ0) is 13.5. The molecular weight excluding hydrogens is 240 g/mol. The summed E-state index contributed by atoms with van der Waals surface area (Å²) in [5, 5.41) is 3.40. The van der Waals surface area contributed by atoms with Gasteiger partial charge in [0.2, 0.25) is 5.91 Å². The summed E-state index contributed by atoms with van der Waals surface area (Å²) in [6.07, 6.45) is 8.82. The van der Waals surface area contributed by atoms with E-state index in [1.54, 1.807) is 0 Å². The van der Waals surface area contributed by atoms with Crippen LogP contribution in [0.3, 0.4) is 0 Å². The molecule has 0 aromatic heterocycles. The molecular formula is C15H28N2O2. The first kappa shape index (κ1) is 14.8. The van der Waals surface area contributed by atoms with E-state index in [0.717, 1.165) is 45.4 Å². The van der Waals surface area contributed by atoms with Gasteiger partial charge in [-0.2, -0.15) is 0 Å². The van der Waals surface area contributed by atoms with E-state index in [1.807, 2.05) is 11.9 Å². The predicted molar refractivity (Wildman–Crippen MR) is 76.1 cm³/mol. The molecule has 0 spiro atoms. The molecule has 0 aliphatic carbocycles. The average molecular weight is 268 g/mol. The van der Waals surface area contributed by atoms with E-state index in [1.165, 1.54) is 19.3 Å². The van der Waals surface area contributed by atoms with Gasteiger partial charge in [0.15, 0.2) is 0 Å². The lowest BCUT2D eigenvalue weighted by molar-refractivity contribution is -0.133. The summed E-state index contributed by atoms with van der Waals surface area (Å²) in [6, 6.07) is 0.426. The molecule has 1 N–H and O–H groups in total. The second-order valence-corrected chi connectivity index (χ2v) is 5.87. The van der Waals surface area contributed by atoms with Gasteiger partial charge in [0.05, 0.1) is 6.10 Å². The first-order chi connectivity index (χ1) is 9.27. The Morgan fingerprint density at radius 2 is 2.11 bits per heavy atom. The van der Waals surface area contributed by atoms with Gasteiger partial charge in [0.1, 0.15) is 0 Å². The second-order valence-electron chi connectivity index (χ2n) is 5.87. The van der Waals surface area contributed by atoms with Crippen LogP contribution in [0.25, 0.3) is 0 Å². The maximum Gasteiger partial charge on any atom is 0.222 e. The zero-order valence-corrected chi connectivity index (χ0v) is 12.2. The molecule has 0 aromatic carbocycles. The Morgan fingerprint density at radius 1 is 1.21 bits per heavy atom. The Labute approximate surface area is 116 Å². The number of hydrogen-bond donors (Lipinski definition) is 1. The Hall–Kier alpha value is -0.610. The monoisotopic (exact) mass is 268 g/mol. The number of carbonyl (C=O) groups excluding carboxylic acids is 1. The van der Waals surface area contributed by atoms with Crippen molar-refractivity contribution in [3.8, 4) is 0 Å². The highest BCUT2D eigenvalue weighted by atomic mass is 16.5. The molecule has 1 amide bonds. The third kappa shape index (κ3) is 4.77. The molecule has 2 atom stereocenters. The maximum absolute atomic E-state index is 12.2. The summed E-state index contributed by atoms with van der Waals surface area (Å²) < 4.78 is 5.69. The third-order valence-electron chi connectivity index (χ3n) is 4.44. The van der Waals surface area contributed by atoms with E-state index in [2.05, 4.69) is 5.32 Å². The summed E-state index contributed by atoms with van der Waals surface area (Å²) >= 11 is 0. The van der Waals surface area contributed by atoms with Crippen molar-refractivity contribution in [2.24, 2.45) is 0 Å². The summed E-state index contributed by atoms with van der Waals surface area (Å²) in [5.74, 6) is 0.293. The van der Waals surface area contributed by atoms with Gasteiger partial charge in [-0.25, -0.2) is 0 Å². The Morgan fingerprint density at radius 3 is 2.89 bits per heavy atom. The minimum Gasteiger partial charge on any atom is -0.378 e. The van der Waals surface area contributed by atoms with Crippen LogP contribution in [0.1, 0.15) is 51.4 Å². The quantitative estimate of drug-likeness (QED) is 0.847. The standard InChI is InChI=1S/C15H28N2O2/c1-17(13-5-4-10-16-11-9-13)15(18)8-7-14-6-2-3-12-19-14/h13-14,16H,2-12H2,1H3. The van der Waals surface area contributed by atoms with Crippen LogP contribution < -0.4 is 5.32 Å². The van der Waals surface area contributed by atoms with E-state index < -0.39 is 0 Å². The van der Waals surface area contributed by atoms with Crippen LogP contribution in [0.5, 0.6) is 0 Å². The van der Waals surface area contributed by atoms with Gasteiger partial charge in [-0.15, -0.1) is 0 Å². The number of amides is 1. The van der Waals surface area contributed by atoms with Crippen LogP contribution in [0.4, 0.5) is 0 Å². The van der Waals surface area contributed by atoms with Crippen molar-refractivity contribution >= 4 is 5.91 Å². The second kappa shape index (κ2) is 7.85. The predicted octanol–water partition coefficient (Wildman–Crippen LogP) is 1.94. The van der Waals surface area contributed by atoms with E-state index in [9.17, 15) is 4.79 Å². The number of nitrogens with one attached hydrogen (secondary N) is 1. The fourth-order valence-corrected chi connectivity index (χ4v) is 3.09. The molecule has 2 rings (SSSR count). The molecule has 0 saturated carbocycles. The number of ether oxygens (including phenoxy) is 1. The van der Waals surface area contributed by atoms with Crippen molar-refractivity contribution < 1.29 is 9.53 Å². The van der Waals surface area contributed by atoms with Crippen molar-refractivity contribution in [1.29, 1.82) is 0 Å². The highest BCUT2D eigenvalue weighted by Crippen LogP contribution is 2.19. The van der Waals surface area contributed by atoms with E-state index >= 15 is 0 Å². The Bertz CT molecular complexity index is 269. The smallest absolute Gasteiger partial charge is 0.222 e. The van der Waals surface area contributed by atoms with Gasteiger partial charge in [-0.05, 0) is 58.0 Å². The highest BCUT2D eigenvalue weighted by Gasteiger charge is 2.22. The SMILES string of the molecule is CN(C(=O)CCC1CCCCO1)C1CCCNCC1. The third-order valence-corrected chi connectivity index (χ3v) is 4.44. The van der Waals surface area contributed by atoms with Crippen LogP contribution in [-0.2, 0) is 9.53 Å². The molecule has 2 fully saturated rings. The minimum atomic E-state index is 0.293. The van der Waals surface area contributed by atoms with Gasteiger partial charge in [0.25, 0.3) is 0 Å². The largest absolute Gasteiger partial charge is 0.378 e. The Kier molecular flexibility index (Phi) is 6.11. The summed E-state index contributed by atoms with van der Waals surface area (Å²) in [4.78, 5) is 14.2. The lowest BCUT2D eigenvalue weighted by atomic mass is 10.0. The number of hydrogen-bond acceptors (Lipinski definition) is 3. The lowest BCUT2D eigenvalue weighted by Crippen LogP contribution is -2.38. The molecule has 4 nitrogen and oxygen atoms in total. The summed E-state index contributed by atoms with van der Waals surface area (Å²) in [6.45, 7) is 3.01. The van der Waals surface area contributed by atoms with Gasteiger partial charge in [0, 0.05) is 26.1 Å². The molecule has 2 aliphatic rings. The van der Waals surface area contributed by atoms with Crippen LogP contribution in [0, 0.1) is 0 Å². The zero-order valence-electron chi connectivity index (χ0n) is 12.2. The normalized spacial score (nSPS) is 28.7. The highest BCUT2D eigenvalue weighted by molar-refractivity contribution is 5.76. The molecule has 0 radical (unpaired) electrons. The first-order valence-electron chi connectivity index (χ1n) is 7.85. The molecule has 4 heteroatoms. The lowest BCUT2D eigenvalue weighted by Gasteiger charge is -2.28. The average Bonchev–Trinajstić information content (AvgIpc) is 2.74. The van der Waals surface area contributed by atoms with Crippen LogP contribution >= 0.6 is 0 Å². The summed E-state index contributed by atoms with van der Waals surface area (Å²) in [7, 11) is 1.97. The van der Waals surface area contributed by atoms with Crippen LogP contribution in [-0.4, -0.2) is 49.7 Å². The molecule has 0 aromatic rings. The molecule has 19 heavy (non-hydrogen) atoms. The van der Waals surface area contributed by atoms with Gasteiger partial charge in [-0.1, -0.05) is 0 Å². The van der Waals surface area contributed by atoms with Gasteiger partial charge < -0.3 is 15.0 Å². The molecule has 0 bridgehead atoms. The van der Waals surface area contributed by atoms with Gasteiger partial charge >= 0.3 is 0 Å². The summed E-state index contributed by atoms with van der Waals surface area (Å²) in [5.41, 5.74) is 0. The number of rotatable bonds is 4. The fourth-order valence-electron chi connectivity index (χ4n) is 3.09. The minimum absolute atomic E-state index is 0.293. The van der Waals surface area contributed by atoms with Crippen LogP contribution in [0.2, 0.25) is 0 Å². The number of carbonyl (C=O) groups is 1. The molecule has 2 saturated heterocycles. The molecule has 2 aliphatic heterocycles. The van der Waals surface area contributed by atoms with E-state index in [0.29, 0.717) is 24.5 Å². The molecule has 110 valence electrons. The van der Waals surface area contributed by atoms with Gasteiger partial charge in [-0.3, -0.25) is 4.79 Å². The molecule has 2 heterocycles. The first-order valence-corrected chi connectivity index (χ1v) is 7.85. The van der Waals surface area contributed by atoms with Crippen molar-refractivity contribution in [2.75, 3.05) is 26.7 Å². The van der Waals surface area contributed by atoms with E-state index in [-0.39, 0.29) is 0 Å². The van der Waals surface area contributed by atoms with Crippen LogP contribution in [0.15, 0.2) is 0 Å². The maximum atomic E-state index is 12.2.